The van der Waals surface area contributed by atoms with Gasteiger partial charge in [-0.25, -0.2) is 0 Å². The van der Waals surface area contributed by atoms with Gasteiger partial charge < -0.3 is 32.1 Å². The van der Waals surface area contributed by atoms with Crippen molar-refractivity contribution in [1.29, 1.82) is 0 Å². The third kappa shape index (κ3) is 8.52. The van der Waals surface area contributed by atoms with Gasteiger partial charge in [0.25, 0.3) is 0 Å². The van der Waals surface area contributed by atoms with Crippen LogP contribution in [0.1, 0.15) is 61.8 Å². The number of aryl methyl sites for hydroxylation is 1. The van der Waals surface area contributed by atoms with Crippen LogP contribution >= 0.6 is 0 Å². The molecule has 2 aliphatic heterocycles. The number of amides is 2. The Morgan fingerprint density at radius 1 is 1.11 bits per heavy atom. The van der Waals surface area contributed by atoms with Gasteiger partial charge in [0, 0.05) is 38.0 Å². The summed E-state index contributed by atoms with van der Waals surface area (Å²) in [6, 6.07) is 8.19. The summed E-state index contributed by atoms with van der Waals surface area (Å²) in [6.45, 7) is 6.47. The predicted octanol–water partition coefficient (Wildman–Crippen LogP) is 2.02. The molecule has 0 aromatic heterocycles. The first-order chi connectivity index (χ1) is 21.1. The first-order valence-electron chi connectivity index (χ1n) is 15.4. The van der Waals surface area contributed by atoms with Crippen LogP contribution in [-0.2, 0) is 43.7 Å². The standard InChI is InChI=1S/C32H43BF3N5O4/c1-31(2)24-10-6-20(14-25(24)33(3)45-31)15-28(42)27(12-7-19-4-8-21(9-5-19)32(34,35)36)40-30(44)26(39)11-13-29(43)41-18-22(38)16-23(41)17-37/h4-6,8-10,14,22-23,26-27H,7,11-13,15-18,37-39H2,1-3H3,(H,40,44)/t22-,23-,26-,27+/m0/s1. The number of nitrogens with one attached hydrogen (secondary N) is 1. The van der Waals surface area contributed by atoms with Crippen LogP contribution in [0.15, 0.2) is 42.5 Å². The molecule has 13 heteroatoms. The van der Waals surface area contributed by atoms with Crippen molar-refractivity contribution in [2.45, 2.75) is 95.1 Å². The first-order valence-corrected chi connectivity index (χ1v) is 15.4. The summed E-state index contributed by atoms with van der Waals surface area (Å²) in [7, 11) is 0. The molecule has 0 saturated carbocycles. The third-order valence-electron chi connectivity index (χ3n) is 8.81. The lowest BCUT2D eigenvalue weighted by Crippen LogP contribution is -2.49. The molecule has 0 radical (unpaired) electrons. The number of fused-ring (bicyclic) bond motifs is 1. The molecular weight excluding hydrogens is 586 g/mol. The number of ketones is 1. The zero-order valence-corrected chi connectivity index (χ0v) is 26.0. The molecule has 7 N–H and O–H groups in total. The van der Waals surface area contributed by atoms with Crippen molar-refractivity contribution in [2.24, 2.45) is 17.2 Å². The molecule has 2 heterocycles. The summed E-state index contributed by atoms with van der Waals surface area (Å²) in [5.41, 5.74) is 20.1. The number of carbonyl (C=O) groups is 3. The van der Waals surface area contributed by atoms with Crippen LogP contribution in [0.25, 0.3) is 0 Å². The largest absolute Gasteiger partial charge is 0.422 e. The van der Waals surface area contributed by atoms with Crippen molar-refractivity contribution < 1.29 is 32.2 Å². The van der Waals surface area contributed by atoms with Crippen molar-refractivity contribution >= 4 is 30.0 Å². The summed E-state index contributed by atoms with van der Waals surface area (Å²) >= 11 is 0. The van der Waals surface area contributed by atoms with Gasteiger partial charge in [0.15, 0.2) is 5.78 Å². The van der Waals surface area contributed by atoms with Crippen molar-refractivity contribution in [1.82, 2.24) is 10.2 Å². The Labute approximate surface area is 262 Å². The Morgan fingerprint density at radius 2 is 1.78 bits per heavy atom. The number of likely N-dealkylation sites (tertiary alicyclic amines) is 1. The van der Waals surface area contributed by atoms with Crippen LogP contribution in [0, 0.1) is 0 Å². The molecule has 4 rings (SSSR count). The summed E-state index contributed by atoms with van der Waals surface area (Å²) in [6.07, 6.45) is -3.32. The number of hydrogen-bond donors (Lipinski definition) is 4. The van der Waals surface area contributed by atoms with E-state index in [1.165, 1.54) is 12.1 Å². The summed E-state index contributed by atoms with van der Waals surface area (Å²) in [5.74, 6) is -1.03. The fraction of sp³-hybridized carbons (Fsp3) is 0.531. The number of nitrogens with zero attached hydrogens (tertiary/aromatic N) is 1. The second-order valence-corrected chi connectivity index (χ2v) is 12.7. The normalized spacial score (nSPS) is 20.6. The highest BCUT2D eigenvalue weighted by Gasteiger charge is 2.38. The molecule has 1 saturated heterocycles. The molecule has 244 valence electrons. The van der Waals surface area contributed by atoms with Crippen LogP contribution in [0.4, 0.5) is 13.2 Å². The fourth-order valence-corrected chi connectivity index (χ4v) is 6.30. The average molecular weight is 630 g/mol. The molecule has 0 aliphatic carbocycles. The molecule has 0 spiro atoms. The van der Waals surface area contributed by atoms with Crippen LogP contribution in [0.3, 0.4) is 0 Å². The molecule has 2 aromatic carbocycles. The number of rotatable bonds is 12. The Bertz CT molecular complexity index is 1390. The zero-order valence-electron chi connectivity index (χ0n) is 26.0. The van der Waals surface area contributed by atoms with Gasteiger partial charge in [-0.1, -0.05) is 37.2 Å². The second-order valence-electron chi connectivity index (χ2n) is 12.7. The molecular formula is C32H43BF3N5O4. The van der Waals surface area contributed by atoms with E-state index in [9.17, 15) is 27.6 Å². The van der Waals surface area contributed by atoms with E-state index in [4.69, 9.17) is 21.9 Å². The lowest BCUT2D eigenvalue weighted by Gasteiger charge is -2.24. The van der Waals surface area contributed by atoms with Crippen molar-refractivity contribution in [3.63, 3.8) is 0 Å². The minimum atomic E-state index is -4.46. The average Bonchev–Trinajstić information content (AvgIpc) is 3.47. The SMILES string of the molecule is CB1OC(C)(C)c2ccc(CC(=O)[C@@H](CCc3ccc(C(F)(F)F)cc3)NC(=O)[C@@H](N)CCC(=O)N3C[C@@H](N)C[C@H]3CN)cc21. The Kier molecular flexibility index (Phi) is 10.8. The molecule has 2 aliphatic rings. The van der Waals surface area contributed by atoms with E-state index in [-0.39, 0.29) is 62.8 Å². The zero-order chi connectivity index (χ0) is 33.1. The topological polar surface area (TPSA) is 154 Å². The molecule has 0 bridgehead atoms. The van der Waals surface area contributed by atoms with E-state index < -0.39 is 35.3 Å². The van der Waals surface area contributed by atoms with Crippen LogP contribution in [0.2, 0.25) is 6.82 Å². The molecule has 2 amide bonds. The van der Waals surface area contributed by atoms with Gasteiger partial charge in [-0.3, -0.25) is 14.4 Å². The Hall–Kier alpha value is -3.26. The maximum Gasteiger partial charge on any atom is 0.416 e. The van der Waals surface area contributed by atoms with Gasteiger partial charge in [0.1, 0.15) is 0 Å². The molecule has 4 atom stereocenters. The predicted molar refractivity (Wildman–Crippen MR) is 167 cm³/mol. The van der Waals surface area contributed by atoms with Gasteiger partial charge in [-0.2, -0.15) is 13.2 Å². The van der Waals surface area contributed by atoms with Gasteiger partial charge >= 0.3 is 13.1 Å². The van der Waals surface area contributed by atoms with E-state index in [1.807, 2.05) is 38.9 Å². The second kappa shape index (κ2) is 14.0. The van der Waals surface area contributed by atoms with E-state index in [0.29, 0.717) is 25.1 Å². The quantitative estimate of drug-likeness (QED) is 0.262. The van der Waals surface area contributed by atoms with Gasteiger partial charge in [-0.05, 0) is 73.8 Å². The fourth-order valence-electron chi connectivity index (χ4n) is 6.30. The van der Waals surface area contributed by atoms with Gasteiger partial charge in [0.2, 0.25) is 11.8 Å². The molecule has 45 heavy (non-hydrogen) atoms. The van der Waals surface area contributed by atoms with E-state index >= 15 is 0 Å². The van der Waals surface area contributed by atoms with Crippen molar-refractivity contribution in [3.05, 3.63) is 64.7 Å². The van der Waals surface area contributed by atoms with Crippen LogP contribution in [0.5, 0.6) is 0 Å². The minimum Gasteiger partial charge on any atom is -0.422 e. The van der Waals surface area contributed by atoms with Crippen molar-refractivity contribution in [3.8, 4) is 0 Å². The molecule has 2 aromatic rings. The summed E-state index contributed by atoms with van der Waals surface area (Å²) in [4.78, 5) is 41.2. The number of hydrogen-bond acceptors (Lipinski definition) is 7. The molecule has 9 nitrogen and oxygen atoms in total. The number of nitrogens with two attached hydrogens (primary N) is 3. The van der Waals surface area contributed by atoms with Crippen LogP contribution < -0.4 is 28.0 Å². The highest BCUT2D eigenvalue weighted by molar-refractivity contribution is 6.67. The number of halogens is 3. The molecule has 1 fully saturated rings. The number of benzene rings is 2. The van der Waals surface area contributed by atoms with E-state index in [2.05, 4.69) is 5.32 Å². The monoisotopic (exact) mass is 629 g/mol. The Balaban J connectivity index is 1.43. The number of alkyl halides is 3. The van der Waals surface area contributed by atoms with E-state index in [1.54, 1.807) is 4.90 Å². The number of carbonyl (C=O) groups excluding carboxylic acids is 3. The summed E-state index contributed by atoms with van der Waals surface area (Å²) in [5, 5.41) is 2.75. The van der Waals surface area contributed by atoms with Crippen molar-refractivity contribution in [2.75, 3.05) is 13.1 Å². The van der Waals surface area contributed by atoms with Gasteiger partial charge in [0.05, 0.1) is 23.2 Å². The lowest BCUT2D eigenvalue weighted by atomic mass is 9.63. The van der Waals surface area contributed by atoms with Crippen LogP contribution in [-0.4, -0.2) is 66.7 Å². The smallest absolute Gasteiger partial charge is 0.416 e. The first kappa shape index (κ1) is 34.6. The number of Topliss-reactive ketones (excluding diaryl/α,β-unsaturated/α-hetero) is 1. The van der Waals surface area contributed by atoms with E-state index in [0.717, 1.165) is 28.7 Å². The maximum absolute atomic E-state index is 13.6. The highest BCUT2D eigenvalue weighted by atomic mass is 19.4. The third-order valence-corrected chi connectivity index (χ3v) is 8.81. The lowest BCUT2D eigenvalue weighted by molar-refractivity contribution is -0.137. The van der Waals surface area contributed by atoms with Gasteiger partial charge in [-0.15, -0.1) is 0 Å². The Morgan fingerprint density at radius 3 is 2.42 bits per heavy atom. The molecule has 0 unspecified atom stereocenters. The summed E-state index contributed by atoms with van der Waals surface area (Å²) < 4.78 is 45.1. The minimum absolute atomic E-state index is 0.0215. The maximum atomic E-state index is 13.6. The highest BCUT2D eigenvalue weighted by Crippen LogP contribution is 2.31.